The summed E-state index contributed by atoms with van der Waals surface area (Å²) in [6, 6.07) is 3.98. The van der Waals surface area contributed by atoms with Crippen LogP contribution in [0.2, 0.25) is 0 Å². The summed E-state index contributed by atoms with van der Waals surface area (Å²) in [4.78, 5) is 31.0. The summed E-state index contributed by atoms with van der Waals surface area (Å²) in [5.41, 5.74) is 5.56. The van der Waals surface area contributed by atoms with Gasteiger partial charge in [0.15, 0.2) is 0 Å². The van der Waals surface area contributed by atoms with E-state index in [0.29, 0.717) is 26.2 Å². The van der Waals surface area contributed by atoms with Gasteiger partial charge in [0.05, 0.1) is 5.00 Å². The third-order valence-electron chi connectivity index (χ3n) is 3.57. The number of anilines is 1. The molecule has 2 N–H and O–H groups in total. The highest BCUT2D eigenvalue weighted by molar-refractivity contribution is 7.16. The second-order valence-electron chi connectivity index (χ2n) is 5.75. The van der Waals surface area contributed by atoms with Crippen LogP contribution in [0, 0.1) is 0 Å². The van der Waals surface area contributed by atoms with E-state index in [1.54, 1.807) is 27.2 Å². The Morgan fingerprint density at radius 2 is 2.17 bits per heavy atom. The number of nitrogens with zero attached hydrogens (tertiary/aromatic N) is 3. The number of likely N-dealkylation sites (N-methyl/N-ethyl adjacent to an activating group) is 1. The molecular formula is C16H24N4O2S. The van der Waals surface area contributed by atoms with Gasteiger partial charge in [-0.15, -0.1) is 11.3 Å². The van der Waals surface area contributed by atoms with E-state index in [2.05, 4.69) is 0 Å². The average molecular weight is 336 g/mol. The molecule has 1 aromatic heterocycles. The van der Waals surface area contributed by atoms with E-state index in [1.807, 2.05) is 37.2 Å². The summed E-state index contributed by atoms with van der Waals surface area (Å²) in [6.07, 6.45) is 4.19. The maximum atomic E-state index is 12.3. The molecule has 0 aromatic carbocycles. The third-order valence-corrected chi connectivity index (χ3v) is 4.74. The summed E-state index contributed by atoms with van der Waals surface area (Å²) >= 11 is 1.60. The topological polar surface area (TPSA) is 69.9 Å². The first-order valence-electron chi connectivity index (χ1n) is 7.70. The molecule has 6 nitrogen and oxygen atoms in total. The van der Waals surface area contributed by atoms with Crippen LogP contribution >= 0.6 is 11.3 Å². The number of amides is 2. The number of hydrogen-bond acceptors (Lipinski definition) is 5. The van der Waals surface area contributed by atoms with Gasteiger partial charge < -0.3 is 20.4 Å². The van der Waals surface area contributed by atoms with Gasteiger partial charge in [0.25, 0.3) is 0 Å². The van der Waals surface area contributed by atoms with E-state index in [1.165, 1.54) is 4.88 Å². The summed E-state index contributed by atoms with van der Waals surface area (Å²) < 4.78 is 0. The summed E-state index contributed by atoms with van der Waals surface area (Å²) in [6.45, 7) is 2.54. The number of carbonyl (C=O) groups is 2. The Morgan fingerprint density at radius 1 is 1.39 bits per heavy atom. The summed E-state index contributed by atoms with van der Waals surface area (Å²) in [5, 5.41) is 0.939. The van der Waals surface area contributed by atoms with Crippen LogP contribution in [0.15, 0.2) is 24.3 Å². The molecule has 0 radical (unpaired) electrons. The maximum Gasteiger partial charge on any atom is 0.247 e. The van der Waals surface area contributed by atoms with Gasteiger partial charge in [-0.25, -0.2) is 0 Å². The van der Waals surface area contributed by atoms with Crippen LogP contribution < -0.4 is 10.6 Å². The molecule has 1 saturated heterocycles. The van der Waals surface area contributed by atoms with Gasteiger partial charge in [-0.1, -0.05) is 6.08 Å². The van der Waals surface area contributed by atoms with Crippen LogP contribution in [0.25, 0.3) is 0 Å². The predicted molar refractivity (Wildman–Crippen MR) is 93.7 cm³/mol. The molecule has 0 atom stereocenters. The van der Waals surface area contributed by atoms with E-state index in [-0.39, 0.29) is 18.4 Å². The lowest BCUT2D eigenvalue weighted by molar-refractivity contribution is -0.133. The zero-order valence-corrected chi connectivity index (χ0v) is 14.5. The molecule has 0 aliphatic carbocycles. The van der Waals surface area contributed by atoms with Crippen molar-refractivity contribution in [2.24, 2.45) is 5.73 Å². The highest BCUT2D eigenvalue weighted by Gasteiger charge is 2.27. The maximum absolute atomic E-state index is 12.3. The van der Waals surface area contributed by atoms with E-state index in [0.717, 1.165) is 11.4 Å². The van der Waals surface area contributed by atoms with Gasteiger partial charge in [0.2, 0.25) is 11.8 Å². The second kappa shape index (κ2) is 8.24. The first-order valence-corrected chi connectivity index (χ1v) is 8.52. The van der Waals surface area contributed by atoms with E-state index in [9.17, 15) is 9.59 Å². The molecule has 1 aliphatic rings. The van der Waals surface area contributed by atoms with Gasteiger partial charge in [-0.2, -0.15) is 0 Å². The molecular weight excluding hydrogens is 312 g/mol. The van der Waals surface area contributed by atoms with Crippen LogP contribution in [0.1, 0.15) is 4.88 Å². The van der Waals surface area contributed by atoms with Crippen LogP contribution in [-0.4, -0.2) is 68.4 Å². The molecule has 23 heavy (non-hydrogen) atoms. The van der Waals surface area contributed by atoms with Crippen molar-refractivity contribution in [3.05, 3.63) is 29.2 Å². The lowest BCUT2D eigenvalue weighted by Crippen LogP contribution is -2.51. The van der Waals surface area contributed by atoms with E-state index < -0.39 is 0 Å². The van der Waals surface area contributed by atoms with Gasteiger partial charge in [0.1, 0.15) is 6.54 Å². The molecule has 0 unspecified atom stereocenters. The second-order valence-corrected chi connectivity index (χ2v) is 6.90. The molecule has 2 heterocycles. The Kier molecular flexibility index (Phi) is 6.32. The molecule has 1 aromatic rings. The number of hydrogen-bond donors (Lipinski definition) is 1. The lowest BCUT2D eigenvalue weighted by atomic mass is 10.3. The van der Waals surface area contributed by atoms with Crippen molar-refractivity contribution in [3.63, 3.8) is 0 Å². The standard InChI is InChI=1S/C16H24N4O2S/c1-18(2)9-3-4-14(21)19-10-11-20(15(22)12-19)16-6-5-13(23-16)7-8-17/h3-6H,7-12,17H2,1-2H3/b4-3+. The van der Waals surface area contributed by atoms with Crippen molar-refractivity contribution in [1.82, 2.24) is 9.80 Å². The molecule has 126 valence electrons. The van der Waals surface area contributed by atoms with Crippen molar-refractivity contribution < 1.29 is 9.59 Å². The number of piperazine rings is 1. The quantitative estimate of drug-likeness (QED) is 0.770. The lowest BCUT2D eigenvalue weighted by Gasteiger charge is -2.33. The Hall–Kier alpha value is -1.70. The largest absolute Gasteiger partial charge is 0.330 e. The predicted octanol–water partition coefficient (Wildman–Crippen LogP) is 0.542. The van der Waals surface area contributed by atoms with E-state index >= 15 is 0 Å². The molecule has 0 saturated carbocycles. The normalized spacial score (nSPS) is 15.9. The zero-order chi connectivity index (χ0) is 16.8. The SMILES string of the molecule is CN(C)C/C=C/C(=O)N1CCN(c2ccc(CCN)s2)C(=O)C1. The number of thiophene rings is 1. The van der Waals surface area contributed by atoms with Crippen molar-refractivity contribution >= 4 is 28.2 Å². The minimum Gasteiger partial charge on any atom is -0.330 e. The minimum absolute atomic E-state index is 0.0354. The zero-order valence-electron chi connectivity index (χ0n) is 13.7. The Morgan fingerprint density at radius 3 is 2.83 bits per heavy atom. The third kappa shape index (κ3) is 4.89. The smallest absolute Gasteiger partial charge is 0.247 e. The fraction of sp³-hybridized carbons (Fsp3) is 0.500. The number of rotatable bonds is 6. The highest BCUT2D eigenvalue weighted by atomic mass is 32.1. The first-order chi connectivity index (χ1) is 11.0. The fourth-order valence-electron chi connectivity index (χ4n) is 2.35. The van der Waals surface area contributed by atoms with Crippen molar-refractivity contribution in [2.45, 2.75) is 6.42 Å². The van der Waals surface area contributed by atoms with Crippen LogP contribution in [0.3, 0.4) is 0 Å². The van der Waals surface area contributed by atoms with Crippen LogP contribution in [-0.2, 0) is 16.0 Å². The van der Waals surface area contributed by atoms with Crippen LogP contribution in [0.4, 0.5) is 5.00 Å². The summed E-state index contributed by atoms with van der Waals surface area (Å²) in [5.74, 6) is -0.137. The van der Waals surface area contributed by atoms with Gasteiger partial charge in [-0.05, 0) is 39.2 Å². The highest BCUT2D eigenvalue weighted by Crippen LogP contribution is 2.27. The fourth-order valence-corrected chi connectivity index (χ4v) is 3.42. The van der Waals surface area contributed by atoms with E-state index in [4.69, 9.17) is 5.73 Å². The van der Waals surface area contributed by atoms with Crippen molar-refractivity contribution in [3.8, 4) is 0 Å². The van der Waals surface area contributed by atoms with Gasteiger partial charge in [0, 0.05) is 30.6 Å². The molecule has 7 heteroatoms. The number of nitrogens with two attached hydrogens (primary N) is 1. The molecule has 2 amide bonds. The van der Waals surface area contributed by atoms with Gasteiger partial charge in [-0.3, -0.25) is 9.59 Å². The molecule has 0 spiro atoms. The molecule has 1 fully saturated rings. The Labute approximate surface area is 141 Å². The van der Waals surface area contributed by atoms with Crippen molar-refractivity contribution in [1.29, 1.82) is 0 Å². The first kappa shape index (κ1) is 17.7. The minimum atomic E-state index is -0.102. The number of carbonyl (C=O) groups excluding carboxylic acids is 2. The molecule has 2 rings (SSSR count). The molecule has 1 aliphatic heterocycles. The van der Waals surface area contributed by atoms with Gasteiger partial charge >= 0.3 is 0 Å². The average Bonchev–Trinajstić information content (AvgIpc) is 2.95. The van der Waals surface area contributed by atoms with Crippen LogP contribution in [0.5, 0.6) is 0 Å². The molecule has 0 bridgehead atoms. The monoisotopic (exact) mass is 336 g/mol. The summed E-state index contributed by atoms with van der Waals surface area (Å²) in [7, 11) is 3.88. The Balaban J connectivity index is 1.92. The van der Waals surface area contributed by atoms with Crippen molar-refractivity contribution in [2.75, 3.05) is 51.7 Å². The Bertz CT molecular complexity index is 582.